The molecule has 0 aliphatic heterocycles. The first-order valence-electron chi connectivity index (χ1n) is 8.29. The van der Waals surface area contributed by atoms with Crippen molar-refractivity contribution in [1.29, 1.82) is 0 Å². The highest BCUT2D eigenvalue weighted by Gasteiger charge is 2.35. The van der Waals surface area contributed by atoms with E-state index in [0.29, 0.717) is 23.0 Å². The van der Waals surface area contributed by atoms with Crippen LogP contribution in [-0.2, 0) is 10.0 Å². The van der Waals surface area contributed by atoms with Crippen LogP contribution in [0, 0.1) is 0 Å². The van der Waals surface area contributed by atoms with Crippen molar-refractivity contribution in [2.24, 2.45) is 5.73 Å². The zero-order chi connectivity index (χ0) is 18.1. The molecule has 4 rings (SSSR count). The summed E-state index contributed by atoms with van der Waals surface area (Å²) in [5.41, 5.74) is 8.28. The van der Waals surface area contributed by atoms with Gasteiger partial charge in [-0.1, -0.05) is 35.5 Å². The molecule has 7 nitrogen and oxygen atoms in total. The molecule has 134 valence electrons. The van der Waals surface area contributed by atoms with Gasteiger partial charge in [0, 0.05) is 11.3 Å². The Morgan fingerprint density at radius 2 is 1.77 bits per heavy atom. The maximum Gasteiger partial charge on any atom is 0.257 e. The fourth-order valence-electron chi connectivity index (χ4n) is 2.59. The standard InChI is InChI=1S/C18H18N4O3S/c19-16(12-4-2-1-3-5-12)17-20-18(25-21-17)13-6-8-14(9-7-13)22-26(23,24)15-10-11-15/h1-9,15-16,22H,10-11,19H2. The molecule has 1 heterocycles. The maximum absolute atomic E-state index is 12.0. The Bertz CT molecular complexity index is 996. The van der Waals surface area contributed by atoms with Crippen LogP contribution in [0.25, 0.3) is 11.5 Å². The van der Waals surface area contributed by atoms with Crippen molar-refractivity contribution >= 4 is 15.7 Å². The molecule has 1 aromatic heterocycles. The minimum atomic E-state index is -3.27. The zero-order valence-corrected chi connectivity index (χ0v) is 14.7. The number of rotatable bonds is 6. The van der Waals surface area contributed by atoms with E-state index in [-0.39, 0.29) is 5.25 Å². The van der Waals surface area contributed by atoms with Crippen LogP contribution in [0.4, 0.5) is 5.69 Å². The molecule has 8 heteroatoms. The van der Waals surface area contributed by atoms with Gasteiger partial charge in [0.25, 0.3) is 5.89 Å². The van der Waals surface area contributed by atoms with Crippen molar-refractivity contribution in [3.8, 4) is 11.5 Å². The predicted molar refractivity (Wildman–Crippen MR) is 97.8 cm³/mol. The number of nitrogens with zero attached hydrogens (tertiary/aromatic N) is 2. The number of benzene rings is 2. The summed E-state index contributed by atoms with van der Waals surface area (Å²) < 4.78 is 31.8. The van der Waals surface area contributed by atoms with E-state index in [1.165, 1.54) is 0 Å². The van der Waals surface area contributed by atoms with Gasteiger partial charge in [-0.3, -0.25) is 4.72 Å². The van der Waals surface area contributed by atoms with Gasteiger partial charge in [0.2, 0.25) is 10.0 Å². The first kappa shape index (κ1) is 16.7. The summed E-state index contributed by atoms with van der Waals surface area (Å²) in [6.07, 6.45) is 1.44. The van der Waals surface area contributed by atoms with E-state index in [2.05, 4.69) is 14.9 Å². The van der Waals surface area contributed by atoms with Gasteiger partial charge in [-0.05, 0) is 42.7 Å². The number of hydrogen-bond acceptors (Lipinski definition) is 6. The molecule has 0 spiro atoms. The number of aromatic nitrogens is 2. The van der Waals surface area contributed by atoms with E-state index in [4.69, 9.17) is 10.3 Å². The third-order valence-electron chi connectivity index (χ3n) is 4.23. The molecule has 2 aromatic carbocycles. The van der Waals surface area contributed by atoms with E-state index < -0.39 is 16.1 Å². The highest BCUT2D eigenvalue weighted by molar-refractivity contribution is 7.93. The van der Waals surface area contributed by atoms with Gasteiger partial charge in [-0.2, -0.15) is 4.98 Å². The largest absolute Gasteiger partial charge is 0.334 e. The lowest BCUT2D eigenvalue weighted by atomic mass is 10.1. The Morgan fingerprint density at radius 1 is 1.08 bits per heavy atom. The van der Waals surface area contributed by atoms with Crippen LogP contribution >= 0.6 is 0 Å². The van der Waals surface area contributed by atoms with Crippen LogP contribution in [-0.4, -0.2) is 23.8 Å². The smallest absolute Gasteiger partial charge is 0.257 e. The topological polar surface area (TPSA) is 111 Å². The Kier molecular flexibility index (Phi) is 4.21. The van der Waals surface area contributed by atoms with Crippen molar-refractivity contribution in [3.05, 3.63) is 66.0 Å². The van der Waals surface area contributed by atoms with Crippen LogP contribution in [0.3, 0.4) is 0 Å². The number of anilines is 1. The third-order valence-corrected chi connectivity index (χ3v) is 6.10. The SMILES string of the molecule is NC(c1ccccc1)c1noc(-c2ccc(NS(=O)(=O)C3CC3)cc2)n1. The average Bonchev–Trinajstić information content (AvgIpc) is 3.41. The van der Waals surface area contributed by atoms with E-state index in [1.54, 1.807) is 24.3 Å². The second-order valence-corrected chi connectivity index (χ2v) is 8.23. The van der Waals surface area contributed by atoms with Crippen molar-refractivity contribution in [2.75, 3.05) is 4.72 Å². The minimum Gasteiger partial charge on any atom is -0.334 e. The normalized spacial score (nSPS) is 15.6. The second kappa shape index (κ2) is 6.54. The molecule has 0 bridgehead atoms. The van der Waals surface area contributed by atoms with Gasteiger partial charge in [0.15, 0.2) is 5.82 Å². The van der Waals surface area contributed by atoms with E-state index in [0.717, 1.165) is 18.4 Å². The first-order valence-corrected chi connectivity index (χ1v) is 9.84. The molecule has 1 aliphatic rings. The van der Waals surface area contributed by atoms with Gasteiger partial charge in [-0.15, -0.1) is 0 Å². The Hall–Kier alpha value is -2.71. The van der Waals surface area contributed by atoms with Gasteiger partial charge in [0.1, 0.15) is 0 Å². The Labute approximate surface area is 151 Å². The van der Waals surface area contributed by atoms with E-state index in [1.807, 2.05) is 30.3 Å². The molecule has 3 aromatic rings. The molecule has 3 N–H and O–H groups in total. The molecular weight excluding hydrogens is 352 g/mol. The molecule has 1 atom stereocenters. The quantitative estimate of drug-likeness (QED) is 0.690. The van der Waals surface area contributed by atoms with E-state index in [9.17, 15) is 8.42 Å². The van der Waals surface area contributed by atoms with Crippen LogP contribution in [0.5, 0.6) is 0 Å². The van der Waals surface area contributed by atoms with Crippen molar-refractivity contribution in [3.63, 3.8) is 0 Å². The molecule has 0 saturated heterocycles. The van der Waals surface area contributed by atoms with Crippen molar-refractivity contribution in [1.82, 2.24) is 10.1 Å². The predicted octanol–water partition coefficient (Wildman–Crippen LogP) is 2.69. The third kappa shape index (κ3) is 3.47. The summed E-state index contributed by atoms with van der Waals surface area (Å²) >= 11 is 0. The lowest BCUT2D eigenvalue weighted by Crippen LogP contribution is -2.17. The van der Waals surface area contributed by atoms with Gasteiger partial charge >= 0.3 is 0 Å². The monoisotopic (exact) mass is 370 g/mol. The number of nitrogens with one attached hydrogen (secondary N) is 1. The number of sulfonamides is 1. The van der Waals surface area contributed by atoms with Gasteiger partial charge in [-0.25, -0.2) is 8.42 Å². The summed E-state index contributed by atoms with van der Waals surface area (Å²) in [7, 11) is -3.27. The van der Waals surface area contributed by atoms with Crippen LogP contribution < -0.4 is 10.5 Å². The molecule has 0 radical (unpaired) electrons. The van der Waals surface area contributed by atoms with Crippen molar-refractivity contribution in [2.45, 2.75) is 24.1 Å². The van der Waals surface area contributed by atoms with Crippen LogP contribution in [0.2, 0.25) is 0 Å². The average molecular weight is 370 g/mol. The summed E-state index contributed by atoms with van der Waals surface area (Å²) in [4.78, 5) is 4.36. The van der Waals surface area contributed by atoms with Crippen LogP contribution in [0.15, 0.2) is 59.1 Å². The fourth-order valence-corrected chi connectivity index (χ4v) is 3.98. The van der Waals surface area contributed by atoms with Crippen molar-refractivity contribution < 1.29 is 12.9 Å². The summed E-state index contributed by atoms with van der Waals surface area (Å²) in [6, 6.07) is 15.9. The lowest BCUT2D eigenvalue weighted by Gasteiger charge is -2.07. The second-order valence-electron chi connectivity index (χ2n) is 6.27. The summed E-state index contributed by atoms with van der Waals surface area (Å²) in [5.74, 6) is 0.729. The molecule has 0 amide bonds. The molecule has 1 aliphatic carbocycles. The number of nitrogens with two attached hydrogens (primary N) is 1. The van der Waals surface area contributed by atoms with E-state index >= 15 is 0 Å². The van der Waals surface area contributed by atoms with Crippen LogP contribution in [0.1, 0.15) is 30.3 Å². The Morgan fingerprint density at radius 3 is 2.42 bits per heavy atom. The summed E-state index contributed by atoms with van der Waals surface area (Å²) in [6.45, 7) is 0. The maximum atomic E-state index is 12.0. The van der Waals surface area contributed by atoms with Gasteiger partial charge in [0.05, 0.1) is 11.3 Å². The van der Waals surface area contributed by atoms with Gasteiger partial charge < -0.3 is 10.3 Å². The lowest BCUT2D eigenvalue weighted by molar-refractivity contribution is 0.419. The molecule has 26 heavy (non-hydrogen) atoms. The molecule has 1 fully saturated rings. The molecule has 1 saturated carbocycles. The molecule has 1 unspecified atom stereocenters. The highest BCUT2D eigenvalue weighted by atomic mass is 32.2. The summed E-state index contributed by atoms with van der Waals surface area (Å²) in [5, 5.41) is 3.70. The molecular formula is C18H18N4O3S. The minimum absolute atomic E-state index is 0.264. The fraction of sp³-hybridized carbons (Fsp3) is 0.222. The zero-order valence-electron chi connectivity index (χ0n) is 13.9. The highest BCUT2D eigenvalue weighted by Crippen LogP contribution is 2.30. The first-order chi connectivity index (χ1) is 12.5. The Balaban J connectivity index is 1.51. The number of hydrogen-bond donors (Lipinski definition) is 2.